The summed E-state index contributed by atoms with van der Waals surface area (Å²) in [4.78, 5) is 27.6. The molecule has 2 aromatic carbocycles. The summed E-state index contributed by atoms with van der Waals surface area (Å²) in [5.74, 6) is 0.267. The van der Waals surface area contributed by atoms with Crippen LogP contribution in [0.1, 0.15) is 49.3 Å². The Bertz CT molecular complexity index is 925. The minimum absolute atomic E-state index is 0.131. The number of halogens is 1. The average molecular weight is 443 g/mol. The van der Waals surface area contributed by atoms with Crippen LogP contribution in [0.4, 0.5) is 0 Å². The lowest BCUT2D eigenvalue weighted by atomic mass is 10.1. The Kier molecular flexibility index (Phi) is 7.97. The van der Waals surface area contributed by atoms with Crippen LogP contribution in [0.15, 0.2) is 42.5 Å². The van der Waals surface area contributed by atoms with E-state index in [2.05, 4.69) is 5.32 Å². The van der Waals surface area contributed by atoms with Crippen molar-refractivity contribution in [2.75, 3.05) is 6.61 Å². The van der Waals surface area contributed by atoms with Crippen LogP contribution in [0.5, 0.6) is 5.75 Å². The number of carbonyl (C=O) groups is 2. The Labute approximate surface area is 189 Å². The van der Waals surface area contributed by atoms with Crippen molar-refractivity contribution in [3.63, 3.8) is 0 Å². The molecule has 0 radical (unpaired) electrons. The van der Waals surface area contributed by atoms with E-state index >= 15 is 0 Å². The maximum Gasteiger partial charge on any atom is 0.261 e. The fourth-order valence-electron chi connectivity index (χ4n) is 3.84. The summed E-state index contributed by atoms with van der Waals surface area (Å²) in [5.41, 5.74) is 3.14. The van der Waals surface area contributed by atoms with E-state index in [9.17, 15) is 9.59 Å². The van der Waals surface area contributed by atoms with Gasteiger partial charge in [-0.3, -0.25) is 9.59 Å². The van der Waals surface area contributed by atoms with E-state index in [0.29, 0.717) is 10.8 Å². The van der Waals surface area contributed by atoms with Gasteiger partial charge < -0.3 is 15.0 Å². The van der Waals surface area contributed by atoms with Crippen molar-refractivity contribution in [3.8, 4) is 5.75 Å². The first-order valence-electron chi connectivity index (χ1n) is 10.9. The lowest BCUT2D eigenvalue weighted by Gasteiger charge is -2.29. The topological polar surface area (TPSA) is 58.6 Å². The molecule has 166 valence electrons. The Morgan fingerprint density at radius 1 is 1.13 bits per heavy atom. The Morgan fingerprint density at radius 2 is 1.87 bits per heavy atom. The van der Waals surface area contributed by atoms with Crippen molar-refractivity contribution >= 4 is 23.4 Å². The number of nitrogens with zero attached hydrogens (tertiary/aromatic N) is 1. The van der Waals surface area contributed by atoms with E-state index in [-0.39, 0.29) is 31.0 Å². The monoisotopic (exact) mass is 442 g/mol. The molecule has 1 N–H and O–H groups in total. The van der Waals surface area contributed by atoms with Crippen LogP contribution in [-0.4, -0.2) is 35.4 Å². The van der Waals surface area contributed by atoms with Crippen LogP contribution in [0.25, 0.3) is 0 Å². The molecule has 5 nitrogen and oxygen atoms in total. The molecule has 2 amide bonds. The highest BCUT2D eigenvalue weighted by molar-refractivity contribution is 6.30. The minimum Gasteiger partial charge on any atom is -0.484 e. The highest BCUT2D eigenvalue weighted by atomic mass is 35.5. The average Bonchev–Trinajstić information content (AvgIpc) is 3.25. The summed E-state index contributed by atoms with van der Waals surface area (Å²) in [7, 11) is 0. The molecular formula is C25H31ClN2O3. The van der Waals surface area contributed by atoms with Crippen molar-refractivity contribution in [3.05, 3.63) is 64.2 Å². The molecule has 1 fully saturated rings. The summed E-state index contributed by atoms with van der Waals surface area (Å²) in [5, 5.41) is 3.70. The van der Waals surface area contributed by atoms with E-state index in [4.69, 9.17) is 16.3 Å². The summed E-state index contributed by atoms with van der Waals surface area (Å²) in [6.45, 7) is 5.95. The maximum atomic E-state index is 13.1. The third-order valence-corrected chi connectivity index (χ3v) is 6.19. The van der Waals surface area contributed by atoms with Crippen molar-refractivity contribution in [2.24, 2.45) is 0 Å². The minimum atomic E-state index is -0.615. The Morgan fingerprint density at radius 3 is 2.55 bits per heavy atom. The molecule has 3 rings (SSSR count). The first kappa shape index (κ1) is 23.1. The van der Waals surface area contributed by atoms with Crippen LogP contribution < -0.4 is 10.1 Å². The van der Waals surface area contributed by atoms with Crippen LogP contribution in [-0.2, 0) is 16.1 Å². The molecule has 0 aromatic heterocycles. The van der Waals surface area contributed by atoms with E-state index in [1.54, 1.807) is 17.9 Å². The highest BCUT2D eigenvalue weighted by Gasteiger charge is 2.28. The summed E-state index contributed by atoms with van der Waals surface area (Å²) in [6, 6.07) is 12.7. The second kappa shape index (κ2) is 10.7. The smallest absolute Gasteiger partial charge is 0.261 e. The number of carbonyl (C=O) groups excluding carboxylic acids is 2. The molecule has 1 aliphatic carbocycles. The quantitative estimate of drug-likeness (QED) is 0.638. The number of hydrogen-bond donors (Lipinski definition) is 1. The molecule has 31 heavy (non-hydrogen) atoms. The molecule has 2 aromatic rings. The van der Waals surface area contributed by atoms with E-state index in [1.807, 2.05) is 50.2 Å². The molecule has 0 bridgehead atoms. The molecule has 1 atom stereocenters. The Balaban J connectivity index is 1.72. The molecule has 0 spiro atoms. The molecule has 0 unspecified atom stereocenters. The number of rotatable bonds is 8. The normalized spacial score (nSPS) is 14.8. The van der Waals surface area contributed by atoms with Gasteiger partial charge in [0.1, 0.15) is 11.8 Å². The highest BCUT2D eigenvalue weighted by Crippen LogP contribution is 2.20. The van der Waals surface area contributed by atoms with Crippen molar-refractivity contribution < 1.29 is 14.3 Å². The van der Waals surface area contributed by atoms with Crippen molar-refractivity contribution in [1.82, 2.24) is 10.2 Å². The van der Waals surface area contributed by atoms with Crippen LogP contribution in [0.3, 0.4) is 0 Å². The lowest BCUT2D eigenvalue weighted by Crippen LogP contribution is -2.50. The van der Waals surface area contributed by atoms with Gasteiger partial charge in [0.15, 0.2) is 6.61 Å². The van der Waals surface area contributed by atoms with Crippen LogP contribution in [0, 0.1) is 13.8 Å². The van der Waals surface area contributed by atoms with E-state index < -0.39 is 6.04 Å². The summed E-state index contributed by atoms with van der Waals surface area (Å²) in [6.07, 6.45) is 4.26. The molecule has 6 heteroatoms. The van der Waals surface area contributed by atoms with Gasteiger partial charge in [0.25, 0.3) is 5.91 Å². The van der Waals surface area contributed by atoms with Gasteiger partial charge in [-0.1, -0.05) is 42.6 Å². The van der Waals surface area contributed by atoms with E-state index in [1.165, 1.54) is 5.56 Å². The third-order valence-electron chi connectivity index (χ3n) is 5.95. The zero-order valence-corrected chi connectivity index (χ0v) is 19.2. The molecular weight excluding hydrogens is 412 g/mol. The predicted molar refractivity (Wildman–Crippen MR) is 123 cm³/mol. The van der Waals surface area contributed by atoms with Gasteiger partial charge >= 0.3 is 0 Å². The van der Waals surface area contributed by atoms with Gasteiger partial charge in [0.05, 0.1) is 0 Å². The summed E-state index contributed by atoms with van der Waals surface area (Å²) >= 11 is 6.12. The molecule has 0 aliphatic heterocycles. The summed E-state index contributed by atoms with van der Waals surface area (Å²) < 4.78 is 5.76. The Hall–Kier alpha value is -2.53. The third kappa shape index (κ3) is 6.47. The van der Waals surface area contributed by atoms with Crippen molar-refractivity contribution in [2.45, 2.75) is 65.1 Å². The number of nitrogens with one attached hydrogen (secondary N) is 1. The number of benzene rings is 2. The molecule has 1 aliphatic rings. The second-order valence-electron chi connectivity index (χ2n) is 8.35. The largest absolute Gasteiger partial charge is 0.484 e. The molecule has 1 saturated carbocycles. The van der Waals surface area contributed by atoms with Gasteiger partial charge in [0.2, 0.25) is 5.91 Å². The standard InChI is InChI=1S/C25H31ClN2O3/c1-17-11-12-23(13-18(17)2)31-16-24(29)28(15-20-7-6-8-21(26)14-20)19(3)25(30)27-22-9-4-5-10-22/h6-8,11-14,19,22H,4-5,9-10,15-16H2,1-3H3,(H,27,30)/t19-/m0/s1. The SMILES string of the molecule is Cc1ccc(OCC(=O)N(Cc2cccc(Cl)c2)[C@@H](C)C(=O)NC2CCCC2)cc1C. The predicted octanol–water partition coefficient (Wildman–Crippen LogP) is 4.81. The number of hydrogen-bond acceptors (Lipinski definition) is 3. The number of aryl methyl sites for hydroxylation is 2. The number of amides is 2. The van der Waals surface area contributed by atoms with Gasteiger partial charge in [-0.15, -0.1) is 0 Å². The zero-order chi connectivity index (χ0) is 22.4. The number of ether oxygens (including phenoxy) is 1. The van der Waals surface area contributed by atoms with Gasteiger partial charge in [-0.05, 0) is 74.6 Å². The van der Waals surface area contributed by atoms with Gasteiger partial charge in [0, 0.05) is 17.6 Å². The fraction of sp³-hybridized carbons (Fsp3) is 0.440. The second-order valence-corrected chi connectivity index (χ2v) is 8.79. The van der Waals surface area contributed by atoms with Crippen molar-refractivity contribution in [1.29, 1.82) is 0 Å². The van der Waals surface area contributed by atoms with Gasteiger partial charge in [-0.2, -0.15) is 0 Å². The van der Waals surface area contributed by atoms with Crippen LogP contribution in [0.2, 0.25) is 5.02 Å². The van der Waals surface area contributed by atoms with E-state index in [0.717, 1.165) is 36.8 Å². The van der Waals surface area contributed by atoms with Crippen LogP contribution >= 0.6 is 11.6 Å². The first-order chi connectivity index (χ1) is 14.8. The maximum absolute atomic E-state index is 13.1. The zero-order valence-electron chi connectivity index (χ0n) is 18.5. The lowest BCUT2D eigenvalue weighted by molar-refractivity contribution is -0.142. The fourth-order valence-corrected chi connectivity index (χ4v) is 4.05. The molecule has 0 saturated heterocycles. The first-order valence-corrected chi connectivity index (χ1v) is 11.3. The van der Waals surface area contributed by atoms with Gasteiger partial charge in [-0.25, -0.2) is 0 Å². The molecule has 0 heterocycles.